The number of nitrogens with one attached hydrogen (secondary N) is 2. The van der Waals surface area contributed by atoms with Crippen molar-refractivity contribution in [1.29, 1.82) is 0 Å². The summed E-state index contributed by atoms with van der Waals surface area (Å²) in [5.41, 5.74) is 3.35. The molecule has 0 unspecified atom stereocenters. The molecule has 1 amide bonds. The van der Waals surface area contributed by atoms with Crippen LogP contribution >= 0.6 is 0 Å². The highest BCUT2D eigenvalue weighted by Gasteiger charge is 2.14. The third-order valence-electron chi connectivity index (χ3n) is 4.14. The highest BCUT2D eigenvalue weighted by Crippen LogP contribution is 2.27. The van der Waals surface area contributed by atoms with Crippen LogP contribution in [0.5, 0.6) is 0 Å². The molecule has 0 aliphatic rings. The van der Waals surface area contributed by atoms with Gasteiger partial charge in [0.1, 0.15) is 11.5 Å². The Morgan fingerprint density at radius 3 is 2.60 bits per heavy atom. The fraction of sp³-hybridized carbons (Fsp3) is 0.450. The molecule has 0 bridgehead atoms. The molecule has 2 N–H and O–H groups in total. The number of amides is 1. The Morgan fingerprint density at radius 1 is 1.16 bits per heavy atom. The molecule has 0 saturated carbocycles. The summed E-state index contributed by atoms with van der Waals surface area (Å²) in [4.78, 5) is 21.0. The molecule has 1 aromatic carbocycles. The van der Waals surface area contributed by atoms with E-state index in [4.69, 9.17) is 0 Å². The molecule has 1 heterocycles. The third-order valence-corrected chi connectivity index (χ3v) is 4.14. The molecule has 0 fully saturated rings. The van der Waals surface area contributed by atoms with E-state index in [1.807, 2.05) is 25.1 Å². The van der Waals surface area contributed by atoms with Gasteiger partial charge in [0.25, 0.3) is 5.91 Å². The van der Waals surface area contributed by atoms with Gasteiger partial charge in [0.05, 0.1) is 12.4 Å². The van der Waals surface area contributed by atoms with E-state index in [0.29, 0.717) is 17.4 Å². The van der Waals surface area contributed by atoms with Crippen LogP contribution in [0.1, 0.15) is 67.6 Å². The van der Waals surface area contributed by atoms with Crippen molar-refractivity contribution >= 4 is 17.4 Å². The van der Waals surface area contributed by atoms with Crippen molar-refractivity contribution in [3.63, 3.8) is 0 Å². The van der Waals surface area contributed by atoms with Gasteiger partial charge in [-0.2, -0.15) is 0 Å². The Labute approximate surface area is 150 Å². The summed E-state index contributed by atoms with van der Waals surface area (Å²) in [5, 5.41) is 6.22. The number of hydrogen-bond acceptors (Lipinski definition) is 4. The lowest BCUT2D eigenvalue weighted by Gasteiger charge is -2.16. The zero-order chi connectivity index (χ0) is 18.2. The number of hydrogen-bond donors (Lipinski definition) is 2. The number of aromatic nitrogens is 2. The minimum absolute atomic E-state index is 0.235. The number of para-hydroxylation sites is 1. The first-order valence-electron chi connectivity index (χ1n) is 8.99. The minimum Gasteiger partial charge on any atom is -0.369 e. The molecule has 134 valence electrons. The van der Waals surface area contributed by atoms with E-state index >= 15 is 0 Å². The predicted octanol–water partition coefficient (Wildman–Crippen LogP) is 4.76. The summed E-state index contributed by atoms with van der Waals surface area (Å²) in [7, 11) is 0. The lowest BCUT2D eigenvalue weighted by atomic mass is 9.98. The summed E-state index contributed by atoms with van der Waals surface area (Å²) in [6.45, 7) is 9.27. The lowest BCUT2D eigenvalue weighted by molar-refractivity contribution is 0.102. The van der Waals surface area contributed by atoms with Gasteiger partial charge in [0.15, 0.2) is 0 Å². The zero-order valence-electron chi connectivity index (χ0n) is 15.6. The number of anilines is 2. The molecule has 0 radical (unpaired) electrons. The summed E-state index contributed by atoms with van der Waals surface area (Å²) < 4.78 is 0. The van der Waals surface area contributed by atoms with E-state index in [1.54, 1.807) is 6.20 Å². The molecule has 0 saturated heterocycles. The van der Waals surface area contributed by atoms with Crippen molar-refractivity contribution < 1.29 is 4.79 Å². The second kappa shape index (κ2) is 9.16. The smallest absolute Gasteiger partial charge is 0.275 e. The maximum absolute atomic E-state index is 12.5. The molecule has 2 rings (SSSR count). The Kier molecular flexibility index (Phi) is 6.92. The van der Waals surface area contributed by atoms with Gasteiger partial charge in [-0.15, -0.1) is 0 Å². The average Bonchev–Trinajstić information content (AvgIpc) is 2.60. The van der Waals surface area contributed by atoms with E-state index in [2.05, 4.69) is 41.4 Å². The van der Waals surface area contributed by atoms with Crippen LogP contribution in [0.4, 0.5) is 11.5 Å². The molecule has 0 atom stereocenters. The SMILES string of the molecule is CCCCCNc1cnc(C(=O)Nc2c(C)cccc2C(C)C)cn1. The van der Waals surface area contributed by atoms with Crippen LogP contribution in [0.3, 0.4) is 0 Å². The zero-order valence-corrected chi connectivity index (χ0v) is 15.6. The van der Waals surface area contributed by atoms with E-state index in [1.165, 1.54) is 19.0 Å². The highest BCUT2D eigenvalue weighted by atomic mass is 16.1. The normalized spacial score (nSPS) is 10.8. The number of nitrogens with zero attached hydrogens (tertiary/aromatic N) is 2. The molecule has 0 aliphatic carbocycles. The second-order valence-corrected chi connectivity index (χ2v) is 6.57. The first-order chi connectivity index (χ1) is 12.0. The van der Waals surface area contributed by atoms with Gasteiger partial charge in [-0.3, -0.25) is 4.79 Å². The lowest BCUT2D eigenvalue weighted by Crippen LogP contribution is -2.17. The Morgan fingerprint density at radius 2 is 1.96 bits per heavy atom. The Balaban J connectivity index is 2.04. The average molecular weight is 340 g/mol. The number of unbranched alkanes of at least 4 members (excludes halogenated alkanes) is 2. The topological polar surface area (TPSA) is 66.9 Å². The summed E-state index contributed by atoms with van der Waals surface area (Å²) in [5.74, 6) is 0.795. The Hall–Kier alpha value is -2.43. The van der Waals surface area contributed by atoms with E-state index in [0.717, 1.165) is 29.8 Å². The molecular formula is C20H28N4O. The van der Waals surface area contributed by atoms with Gasteiger partial charge in [-0.25, -0.2) is 9.97 Å². The molecule has 2 aromatic rings. The first kappa shape index (κ1) is 18.9. The Bertz CT molecular complexity index is 695. The molecule has 5 nitrogen and oxygen atoms in total. The quantitative estimate of drug-likeness (QED) is 0.680. The number of carbonyl (C=O) groups excluding carboxylic acids is 1. The third kappa shape index (κ3) is 5.28. The maximum Gasteiger partial charge on any atom is 0.275 e. The fourth-order valence-electron chi connectivity index (χ4n) is 2.65. The van der Waals surface area contributed by atoms with Crippen molar-refractivity contribution in [2.75, 3.05) is 17.2 Å². The van der Waals surface area contributed by atoms with Gasteiger partial charge >= 0.3 is 0 Å². The number of benzene rings is 1. The van der Waals surface area contributed by atoms with Gasteiger partial charge in [-0.1, -0.05) is 51.8 Å². The monoisotopic (exact) mass is 340 g/mol. The largest absolute Gasteiger partial charge is 0.369 e. The number of aryl methyl sites for hydroxylation is 1. The highest BCUT2D eigenvalue weighted by molar-refractivity contribution is 6.03. The number of carbonyl (C=O) groups is 1. The minimum atomic E-state index is -0.235. The van der Waals surface area contributed by atoms with Crippen molar-refractivity contribution in [3.05, 3.63) is 47.4 Å². The van der Waals surface area contributed by atoms with E-state index < -0.39 is 0 Å². The molecular weight excluding hydrogens is 312 g/mol. The predicted molar refractivity (Wildman–Crippen MR) is 103 cm³/mol. The van der Waals surface area contributed by atoms with Gasteiger partial charge in [0.2, 0.25) is 0 Å². The summed E-state index contributed by atoms with van der Waals surface area (Å²) in [6, 6.07) is 6.05. The second-order valence-electron chi connectivity index (χ2n) is 6.57. The van der Waals surface area contributed by atoms with E-state index in [-0.39, 0.29) is 5.91 Å². The van der Waals surface area contributed by atoms with Crippen molar-refractivity contribution in [2.45, 2.75) is 52.9 Å². The van der Waals surface area contributed by atoms with Gasteiger partial charge in [0, 0.05) is 12.2 Å². The summed E-state index contributed by atoms with van der Waals surface area (Å²) >= 11 is 0. The van der Waals surface area contributed by atoms with Crippen LogP contribution in [0, 0.1) is 6.92 Å². The van der Waals surface area contributed by atoms with Crippen LogP contribution in [0.15, 0.2) is 30.6 Å². The molecule has 0 spiro atoms. The first-order valence-corrected chi connectivity index (χ1v) is 8.99. The van der Waals surface area contributed by atoms with Crippen LogP contribution in [0.2, 0.25) is 0 Å². The maximum atomic E-state index is 12.5. The van der Waals surface area contributed by atoms with Crippen molar-refractivity contribution in [3.8, 4) is 0 Å². The fourth-order valence-corrected chi connectivity index (χ4v) is 2.65. The molecule has 25 heavy (non-hydrogen) atoms. The molecule has 5 heteroatoms. The van der Waals surface area contributed by atoms with Crippen LogP contribution in [0.25, 0.3) is 0 Å². The van der Waals surface area contributed by atoms with Crippen molar-refractivity contribution in [2.24, 2.45) is 0 Å². The van der Waals surface area contributed by atoms with Crippen LogP contribution in [-0.4, -0.2) is 22.4 Å². The van der Waals surface area contributed by atoms with Crippen LogP contribution < -0.4 is 10.6 Å². The summed E-state index contributed by atoms with van der Waals surface area (Å²) in [6.07, 6.45) is 6.61. The van der Waals surface area contributed by atoms with Gasteiger partial charge < -0.3 is 10.6 Å². The van der Waals surface area contributed by atoms with Gasteiger partial charge in [-0.05, 0) is 30.4 Å². The molecule has 1 aromatic heterocycles. The van der Waals surface area contributed by atoms with E-state index in [9.17, 15) is 4.79 Å². The molecule has 0 aliphatic heterocycles. The van der Waals surface area contributed by atoms with Crippen molar-refractivity contribution in [1.82, 2.24) is 9.97 Å². The standard InChI is InChI=1S/C20H28N4O/c1-5-6-7-11-21-18-13-22-17(12-23-18)20(25)24-19-15(4)9-8-10-16(19)14(2)3/h8-10,12-14H,5-7,11H2,1-4H3,(H,21,23)(H,24,25). The van der Waals surface area contributed by atoms with Crippen LogP contribution in [-0.2, 0) is 0 Å². The number of rotatable bonds is 8.